The van der Waals surface area contributed by atoms with E-state index in [4.69, 9.17) is 0 Å². The Bertz CT molecular complexity index is 350. The number of carbonyl (C=O) groups excluding carboxylic acids is 1. The summed E-state index contributed by atoms with van der Waals surface area (Å²) < 4.78 is 0. The number of aliphatic hydroxyl groups excluding tert-OH is 1. The van der Waals surface area contributed by atoms with Gasteiger partial charge in [-0.1, -0.05) is 13.0 Å². The lowest BCUT2D eigenvalue weighted by molar-refractivity contribution is -0.127. The van der Waals surface area contributed by atoms with Gasteiger partial charge in [-0.05, 0) is 45.4 Å². The van der Waals surface area contributed by atoms with Crippen LogP contribution in [0.1, 0.15) is 52.4 Å². The molecule has 2 rings (SSSR count). The van der Waals surface area contributed by atoms with Gasteiger partial charge in [-0.15, -0.1) is 11.8 Å². The van der Waals surface area contributed by atoms with Crippen molar-refractivity contribution in [2.24, 2.45) is 0 Å². The van der Waals surface area contributed by atoms with Crippen LogP contribution in [0.4, 0.5) is 0 Å². The summed E-state index contributed by atoms with van der Waals surface area (Å²) in [6.07, 6.45) is 8.83. The number of allylic oxidation sites excluding steroid dienone is 2. The Hall–Kier alpha value is -0.480. The summed E-state index contributed by atoms with van der Waals surface area (Å²) in [6.45, 7) is 3.76. The van der Waals surface area contributed by atoms with Gasteiger partial charge in [-0.3, -0.25) is 4.79 Å². The molecule has 2 unspecified atom stereocenters. The van der Waals surface area contributed by atoms with Gasteiger partial charge < -0.3 is 10.0 Å². The average Bonchev–Trinajstić information content (AvgIpc) is 3.22. The highest BCUT2D eigenvalue weighted by atomic mass is 32.2. The monoisotopic (exact) mass is 283 g/mol. The molecular weight excluding hydrogens is 258 g/mol. The number of amides is 1. The number of nitrogens with zero attached hydrogens (tertiary/aromatic N) is 1. The topological polar surface area (TPSA) is 40.5 Å². The van der Waals surface area contributed by atoms with Crippen LogP contribution in [-0.4, -0.2) is 39.1 Å². The lowest BCUT2D eigenvalue weighted by Crippen LogP contribution is -2.35. The molecule has 0 spiro atoms. The van der Waals surface area contributed by atoms with Crippen molar-refractivity contribution in [2.75, 3.05) is 5.75 Å². The molecule has 1 N–H and O–H groups in total. The van der Waals surface area contributed by atoms with Gasteiger partial charge in [0.2, 0.25) is 5.91 Å². The molecule has 0 aromatic heterocycles. The number of carbonyl (C=O) groups is 1. The van der Waals surface area contributed by atoms with E-state index in [1.807, 2.05) is 6.92 Å². The first-order valence-corrected chi connectivity index (χ1v) is 8.45. The molecule has 3 nitrogen and oxygen atoms in total. The van der Waals surface area contributed by atoms with E-state index in [0.29, 0.717) is 11.8 Å². The number of aliphatic hydroxyl groups is 1. The van der Waals surface area contributed by atoms with Crippen LogP contribution in [0.5, 0.6) is 0 Å². The Morgan fingerprint density at radius 2 is 2.21 bits per heavy atom. The summed E-state index contributed by atoms with van der Waals surface area (Å²) in [4.78, 5) is 14.5. The third kappa shape index (κ3) is 4.25. The highest BCUT2D eigenvalue weighted by Gasteiger charge is 2.35. The molecule has 2 atom stereocenters. The molecule has 1 fully saturated rings. The van der Waals surface area contributed by atoms with Crippen molar-refractivity contribution < 1.29 is 9.90 Å². The number of hydrogen-bond donors (Lipinski definition) is 1. The van der Waals surface area contributed by atoms with Gasteiger partial charge in [-0.25, -0.2) is 0 Å². The fraction of sp³-hybridized carbons (Fsp3) is 0.800. The molecule has 4 heteroatoms. The Balaban J connectivity index is 1.91. The van der Waals surface area contributed by atoms with Gasteiger partial charge in [0, 0.05) is 17.0 Å². The molecule has 1 amide bonds. The molecular formula is C15H25NO2S. The highest BCUT2D eigenvalue weighted by Crippen LogP contribution is 2.34. The maximum Gasteiger partial charge on any atom is 0.236 e. The van der Waals surface area contributed by atoms with Crippen LogP contribution in [-0.2, 0) is 4.79 Å². The van der Waals surface area contributed by atoms with Crippen molar-refractivity contribution >= 4 is 17.7 Å². The number of hydrogen-bond acceptors (Lipinski definition) is 3. The Labute approximate surface area is 120 Å². The zero-order chi connectivity index (χ0) is 13.8. The molecule has 1 saturated carbocycles. The second-order valence-electron chi connectivity index (χ2n) is 5.69. The standard InChI is InChI=1S/C15H25NO2S/c1-11(17)12(2)19-10-15(18)16(14-8-9-14)13-6-4-3-5-7-13/h6,11-12,14,17H,3-5,7-10H2,1-2H3. The van der Waals surface area contributed by atoms with Gasteiger partial charge in [0.1, 0.15) is 0 Å². The van der Waals surface area contributed by atoms with E-state index in [2.05, 4.69) is 11.0 Å². The summed E-state index contributed by atoms with van der Waals surface area (Å²) in [5, 5.41) is 9.60. The maximum absolute atomic E-state index is 12.4. The zero-order valence-electron chi connectivity index (χ0n) is 12.0. The van der Waals surface area contributed by atoms with Crippen LogP contribution in [0, 0.1) is 0 Å². The van der Waals surface area contributed by atoms with Crippen molar-refractivity contribution in [3.8, 4) is 0 Å². The van der Waals surface area contributed by atoms with Gasteiger partial charge >= 0.3 is 0 Å². The minimum Gasteiger partial charge on any atom is -0.392 e. The quantitative estimate of drug-likeness (QED) is 0.815. The normalized spacial score (nSPS) is 22.6. The Morgan fingerprint density at radius 1 is 1.47 bits per heavy atom. The van der Waals surface area contributed by atoms with E-state index in [9.17, 15) is 9.90 Å². The lowest BCUT2D eigenvalue weighted by atomic mass is 10.0. The van der Waals surface area contributed by atoms with Crippen molar-refractivity contribution in [1.82, 2.24) is 4.90 Å². The molecule has 2 aliphatic carbocycles. The molecule has 0 aromatic rings. The largest absolute Gasteiger partial charge is 0.392 e. The fourth-order valence-electron chi connectivity index (χ4n) is 2.38. The van der Waals surface area contributed by atoms with E-state index >= 15 is 0 Å². The van der Waals surface area contributed by atoms with Gasteiger partial charge in [-0.2, -0.15) is 0 Å². The molecule has 108 valence electrons. The van der Waals surface area contributed by atoms with Crippen LogP contribution in [0.25, 0.3) is 0 Å². The van der Waals surface area contributed by atoms with E-state index in [1.165, 1.54) is 18.5 Å². The molecule has 0 heterocycles. The minimum atomic E-state index is -0.360. The molecule has 0 aliphatic heterocycles. The predicted octanol–water partition coefficient (Wildman–Crippen LogP) is 2.94. The van der Waals surface area contributed by atoms with E-state index in [1.54, 1.807) is 18.7 Å². The number of thioether (sulfide) groups is 1. The predicted molar refractivity (Wildman–Crippen MR) is 80.0 cm³/mol. The van der Waals surface area contributed by atoms with E-state index < -0.39 is 0 Å². The summed E-state index contributed by atoms with van der Waals surface area (Å²) in [6, 6.07) is 0.458. The molecule has 19 heavy (non-hydrogen) atoms. The zero-order valence-corrected chi connectivity index (χ0v) is 12.8. The number of rotatable bonds is 6. The molecule has 0 bridgehead atoms. The molecule has 0 aromatic carbocycles. The van der Waals surface area contributed by atoms with Crippen molar-refractivity contribution in [2.45, 2.75) is 69.8 Å². The molecule has 0 radical (unpaired) electrons. The lowest BCUT2D eigenvalue weighted by Gasteiger charge is -2.28. The highest BCUT2D eigenvalue weighted by molar-refractivity contribution is 8.00. The SMILES string of the molecule is CC(O)C(C)SCC(=O)N(C1=CCCCC1)C1CC1. The van der Waals surface area contributed by atoms with Gasteiger partial charge in [0.05, 0.1) is 11.9 Å². The third-order valence-electron chi connectivity index (χ3n) is 3.91. The minimum absolute atomic E-state index is 0.116. The summed E-state index contributed by atoms with van der Waals surface area (Å²) in [7, 11) is 0. The van der Waals surface area contributed by atoms with Crippen LogP contribution < -0.4 is 0 Å². The second-order valence-corrected chi connectivity index (χ2v) is 7.06. The van der Waals surface area contributed by atoms with E-state index in [0.717, 1.165) is 25.7 Å². The van der Waals surface area contributed by atoms with Crippen molar-refractivity contribution in [1.29, 1.82) is 0 Å². The third-order valence-corrected chi connectivity index (χ3v) is 5.24. The first-order chi connectivity index (χ1) is 9.09. The van der Waals surface area contributed by atoms with E-state index in [-0.39, 0.29) is 17.3 Å². The van der Waals surface area contributed by atoms with Crippen LogP contribution in [0.15, 0.2) is 11.8 Å². The summed E-state index contributed by atoms with van der Waals surface area (Å²) in [5.74, 6) is 0.716. The van der Waals surface area contributed by atoms with Gasteiger partial charge in [0.15, 0.2) is 0 Å². The van der Waals surface area contributed by atoms with Gasteiger partial charge in [0.25, 0.3) is 0 Å². The molecule has 0 saturated heterocycles. The van der Waals surface area contributed by atoms with Crippen molar-refractivity contribution in [3.05, 3.63) is 11.8 Å². The van der Waals surface area contributed by atoms with Crippen LogP contribution in [0.3, 0.4) is 0 Å². The second kappa shape index (κ2) is 6.80. The first kappa shape index (κ1) is 14.9. The maximum atomic E-state index is 12.4. The summed E-state index contributed by atoms with van der Waals surface area (Å²) >= 11 is 1.56. The Morgan fingerprint density at radius 3 is 2.74 bits per heavy atom. The van der Waals surface area contributed by atoms with Crippen LogP contribution >= 0.6 is 11.8 Å². The smallest absolute Gasteiger partial charge is 0.236 e. The fourth-order valence-corrected chi connectivity index (χ4v) is 3.21. The average molecular weight is 283 g/mol. The van der Waals surface area contributed by atoms with Crippen molar-refractivity contribution in [3.63, 3.8) is 0 Å². The van der Waals surface area contributed by atoms with Crippen LogP contribution in [0.2, 0.25) is 0 Å². The summed E-state index contributed by atoms with van der Waals surface area (Å²) in [5.41, 5.74) is 1.25. The molecule has 2 aliphatic rings. The first-order valence-electron chi connectivity index (χ1n) is 7.40. The Kier molecular flexibility index (Phi) is 5.34.